The highest BCUT2D eigenvalue weighted by Gasteiger charge is 2.56. The number of aliphatic hydroxyl groups is 9. The van der Waals surface area contributed by atoms with Crippen LogP contribution in [-0.4, -0.2) is 91.8 Å². The smallest absolute Gasteiger partial charge is 0.435 e. The van der Waals surface area contributed by atoms with E-state index in [1.165, 1.54) is 12.1 Å². The highest BCUT2D eigenvalue weighted by atomic mass is 79.9. The zero-order valence-corrected chi connectivity index (χ0v) is 21.5. The van der Waals surface area contributed by atoms with Crippen LogP contribution in [0.25, 0.3) is 10.9 Å². The van der Waals surface area contributed by atoms with Crippen LogP contribution in [0.3, 0.4) is 0 Å². The Kier molecular flexibility index (Phi) is 7.47. The van der Waals surface area contributed by atoms with E-state index in [9.17, 15) is 50.3 Å². The van der Waals surface area contributed by atoms with E-state index in [4.69, 9.17) is 4.74 Å². The highest BCUT2D eigenvalue weighted by Crippen LogP contribution is 2.43. The van der Waals surface area contributed by atoms with Gasteiger partial charge in [-0.3, -0.25) is 0 Å². The molecule has 212 valence electrons. The SMILES string of the molecule is CN1C(O)(O)CC(C(O)(O)Oc2cc3ncnc(Nc4ccc(Br)cc4F)c3cc2OC(O)(O)O)CC1(O)O. The molecule has 10 N–H and O–H groups in total. The number of aromatic nitrogens is 2. The number of fused-ring (bicyclic) bond motifs is 1. The average Bonchev–Trinajstić information content (AvgIpc) is 2.78. The Hall–Kier alpha value is -2.81. The van der Waals surface area contributed by atoms with Crippen molar-refractivity contribution in [2.45, 2.75) is 36.8 Å². The largest absolute Gasteiger partial charge is 0.453 e. The lowest BCUT2D eigenvalue weighted by Crippen LogP contribution is -2.67. The fourth-order valence-corrected chi connectivity index (χ4v) is 4.33. The third-order valence-electron chi connectivity index (χ3n) is 6.04. The average molecular weight is 619 g/mol. The molecule has 3 aromatic rings. The molecule has 1 aliphatic rings. The Morgan fingerprint density at radius 2 is 1.59 bits per heavy atom. The fourth-order valence-electron chi connectivity index (χ4n) is 3.99. The number of halogens is 2. The normalized spacial score (nSPS) is 18.3. The van der Waals surface area contributed by atoms with Gasteiger partial charge in [0.05, 0.1) is 17.1 Å². The maximum Gasteiger partial charge on any atom is 0.453 e. The van der Waals surface area contributed by atoms with Crippen LogP contribution in [0.4, 0.5) is 15.9 Å². The Labute approximate surface area is 226 Å². The summed E-state index contributed by atoms with van der Waals surface area (Å²) in [6.45, 7) is 0. The van der Waals surface area contributed by atoms with Gasteiger partial charge in [-0.2, -0.15) is 0 Å². The van der Waals surface area contributed by atoms with E-state index in [2.05, 4.69) is 36.0 Å². The molecule has 15 nitrogen and oxygen atoms in total. The first kappa shape index (κ1) is 29.2. The quantitative estimate of drug-likeness (QED) is 0.141. The van der Waals surface area contributed by atoms with Crippen LogP contribution in [0.2, 0.25) is 0 Å². The van der Waals surface area contributed by atoms with Gasteiger partial charge in [0.15, 0.2) is 11.5 Å². The predicted molar refractivity (Wildman–Crippen MR) is 130 cm³/mol. The van der Waals surface area contributed by atoms with Crippen molar-refractivity contribution in [3.63, 3.8) is 0 Å². The van der Waals surface area contributed by atoms with Gasteiger partial charge in [-0.15, -0.1) is 0 Å². The first-order valence-corrected chi connectivity index (χ1v) is 11.8. The monoisotopic (exact) mass is 618 g/mol. The zero-order chi connectivity index (χ0) is 29.0. The van der Waals surface area contributed by atoms with Crippen molar-refractivity contribution < 1.29 is 59.8 Å². The minimum absolute atomic E-state index is 0.00166. The first-order chi connectivity index (χ1) is 17.9. The summed E-state index contributed by atoms with van der Waals surface area (Å²) >= 11 is 3.14. The minimum Gasteiger partial charge on any atom is -0.435 e. The molecule has 4 rings (SSSR count). The van der Waals surface area contributed by atoms with Gasteiger partial charge in [0.25, 0.3) is 0 Å². The van der Waals surface area contributed by atoms with Crippen LogP contribution in [0, 0.1) is 11.7 Å². The molecule has 17 heteroatoms. The van der Waals surface area contributed by atoms with Crippen molar-refractivity contribution >= 4 is 38.3 Å². The van der Waals surface area contributed by atoms with Crippen molar-refractivity contribution in [1.82, 2.24) is 14.9 Å². The molecular formula is C22H24BrFN4O11. The molecule has 0 bridgehead atoms. The van der Waals surface area contributed by atoms with E-state index < -0.39 is 60.0 Å². The number of piperidine rings is 1. The number of benzene rings is 2. The summed E-state index contributed by atoms with van der Waals surface area (Å²) in [6.07, 6.45) is -4.41. The topological polar surface area (TPSA) is 242 Å². The maximum absolute atomic E-state index is 14.4. The molecular weight excluding hydrogens is 595 g/mol. The molecule has 1 aromatic heterocycles. The second kappa shape index (κ2) is 9.98. The molecule has 2 heterocycles. The van der Waals surface area contributed by atoms with E-state index in [1.807, 2.05) is 0 Å². The van der Waals surface area contributed by atoms with E-state index in [-0.39, 0.29) is 22.4 Å². The van der Waals surface area contributed by atoms with Crippen LogP contribution in [0.15, 0.2) is 41.1 Å². The molecule has 0 atom stereocenters. The molecule has 0 saturated carbocycles. The number of likely N-dealkylation sites (tertiary alicyclic amines) is 1. The molecule has 0 radical (unpaired) electrons. The number of anilines is 2. The molecule has 0 unspecified atom stereocenters. The highest BCUT2D eigenvalue weighted by molar-refractivity contribution is 9.10. The summed E-state index contributed by atoms with van der Waals surface area (Å²) in [4.78, 5) is 8.42. The van der Waals surface area contributed by atoms with Crippen molar-refractivity contribution in [3.8, 4) is 11.5 Å². The molecule has 0 amide bonds. The number of hydrogen-bond acceptors (Lipinski definition) is 15. The third kappa shape index (κ3) is 6.34. The maximum atomic E-state index is 14.4. The fraction of sp³-hybridized carbons (Fsp3) is 0.364. The second-order valence-corrected chi connectivity index (χ2v) is 9.85. The van der Waals surface area contributed by atoms with Crippen molar-refractivity contribution in [1.29, 1.82) is 0 Å². The summed E-state index contributed by atoms with van der Waals surface area (Å²) < 4.78 is 24.7. The van der Waals surface area contributed by atoms with E-state index in [0.717, 1.165) is 25.5 Å². The molecule has 2 aromatic carbocycles. The van der Waals surface area contributed by atoms with Gasteiger partial charge in [0.2, 0.25) is 11.8 Å². The first-order valence-electron chi connectivity index (χ1n) is 11.0. The summed E-state index contributed by atoms with van der Waals surface area (Å²) in [5.41, 5.74) is 0.0186. The molecule has 1 fully saturated rings. The van der Waals surface area contributed by atoms with E-state index in [0.29, 0.717) is 9.37 Å². The zero-order valence-electron chi connectivity index (χ0n) is 19.9. The van der Waals surface area contributed by atoms with E-state index in [1.54, 1.807) is 6.07 Å². The molecule has 39 heavy (non-hydrogen) atoms. The molecule has 1 saturated heterocycles. The van der Waals surface area contributed by atoms with Gasteiger partial charge < -0.3 is 60.7 Å². The predicted octanol–water partition coefficient (Wildman–Crippen LogP) is -1.12. The molecule has 0 aliphatic carbocycles. The summed E-state index contributed by atoms with van der Waals surface area (Å²) in [5.74, 6) is -13.0. The number of ether oxygens (including phenoxy) is 2. The van der Waals surface area contributed by atoms with Crippen molar-refractivity contribution in [2.75, 3.05) is 12.4 Å². The number of nitrogens with one attached hydrogen (secondary N) is 1. The lowest BCUT2D eigenvalue weighted by atomic mass is 9.89. The van der Waals surface area contributed by atoms with Crippen LogP contribution < -0.4 is 14.8 Å². The third-order valence-corrected chi connectivity index (χ3v) is 6.53. The Morgan fingerprint density at radius 1 is 0.974 bits per heavy atom. The van der Waals surface area contributed by atoms with Crippen LogP contribution in [0.1, 0.15) is 12.8 Å². The number of nitrogens with zero attached hydrogens (tertiary/aromatic N) is 3. The summed E-state index contributed by atoms with van der Waals surface area (Å²) in [7, 11) is 0.970. The van der Waals surface area contributed by atoms with Crippen molar-refractivity contribution in [3.05, 3.63) is 46.9 Å². The molecule has 1 aliphatic heterocycles. The molecule has 0 spiro atoms. The Morgan fingerprint density at radius 3 is 2.18 bits per heavy atom. The van der Waals surface area contributed by atoms with Crippen LogP contribution >= 0.6 is 15.9 Å². The van der Waals surface area contributed by atoms with E-state index >= 15 is 0 Å². The van der Waals surface area contributed by atoms with Crippen LogP contribution in [-0.2, 0) is 0 Å². The lowest BCUT2D eigenvalue weighted by molar-refractivity contribution is -0.438. The van der Waals surface area contributed by atoms with Gasteiger partial charge in [0, 0.05) is 28.8 Å². The van der Waals surface area contributed by atoms with Crippen molar-refractivity contribution in [2.24, 2.45) is 5.92 Å². The van der Waals surface area contributed by atoms with Crippen LogP contribution in [0.5, 0.6) is 11.5 Å². The van der Waals surface area contributed by atoms with Gasteiger partial charge in [-0.25, -0.2) is 19.3 Å². The standard InChI is InChI=1S/C22H24BrFN4O11/c1-28-19(29,30)7-10(8-20(28,31)32)21(33,34)38-17-6-15-12(5-16(17)39-22(35,36)37)18(26-9-25-15)27-14-3-2-11(23)4-13(14)24/h2-6,9-10,29-37H,7-8H2,1H3,(H,25,26,27). The lowest BCUT2D eigenvalue weighted by Gasteiger charge is -2.49. The van der Waals surface area contributed by atoms with Gasteiger partial charge >= 0.3 is 12.1 Å². The van der Waals surface area contributed by atoms with Gasteiger partial charge in [0.1, 0.15) is 18.0 Å². The summed E-state index contributed by atoms with van der Waals surface area (Å²) in [6, 6.07) is 6.15. The number of rotatable bonds is 7. The Balaban J connectivity index is 1.75. The van der Waals surface area contributed by atoms with Gasteiger partial charge in [-0.1, -0.05) is 15.9 Å². The number of hydrogen-bond donors (Lipinski definition) is 10. The summed E-state index contributed by atoms with van der Waals surface area (Å²) in [5, 5.41) is 92.9. The minimum atomic E-state index is -3.79. The Bertz CT molecular complexity index is 1370. The second-order valence-electron chi connectivity index (χ2n) is 8.94. The van der Waals surface area contributed by atoms with Gasteiger partial charge in [-0.05, 0) is 31.3 Å².